The van der Waals surface area contributed by atoms with E-state index in [0.717, 1.165) is 13.1 Å². The maximum atomic E-state index is 13.5. The molecule has 1 heterocycles. The van der Waals surface area contributed by atoms with Gasteiger partial charge in [0.05, 0.1) is 24.4 Å². The number of hydrogen-bond acceptors (Lipinski definition) is 5. The summed E-state index contributed by atoms with van der Waals surface area (Å²) in [5.41, 5.74) is 2.21. The molecule has 3 aromatic carbocycles. The second-order valence-electron chi connectivity index (χ2n) is 8.80. The Balaban J connectivity index is 1.43. The number of para-hydroxylation sites is 2. The number of Topliss-reactive ketones (excluding diaryl/α,β-unsaturated/α-hetero) is 1. The number of ketones is 1. The van der Waals surface area contributed by atoms with Crippen LogP contribution in [0.1, 0.15) is 39.1 Å². The van der Waals surface area contributed by atoms with Gasteiger partial charge in [0.15, 0.2) is 5.78 Å². The molecule has 0 bridgehead atoms. The molecule has 4 rings (SSSR count). The van der Waals surface area contributed by atoms with Gasteiger partial charge in [-0.05, 0) is 86.6 Å². The first-order valence-corrected chi connectivity index (χ1v) is 12.0. The van der Waals surface area contributed by atoms with E-state index in [-0.39, 0.29) is 23.4 Å². The Morgan fingerprint density at radius 3 is 2.28 bits per heavy atom. The lowest BCUT2D eigenvalue weighted by Gasteiger charge is -2.33. The average Bonchev–Trinajstić information content (AvgIpc) is 2.93. The van der Waals surface area contributed by atoms with E-state index in [1.807, 2.05) is 24.3 Å². The Morgan fingerprint density at radius 1 is 1.00 bits per heavy atom. The van der Waals surface area contributed by atoms with E-state index >= 15 is 0 Å². The standard InChI is InChI=1S/C29H28FN3O3/c1-36-27-5-3-2-4-26(27)33(29(35)24-8-6-21(20-31)7-9-24)19-18-32-16-14-23(15-17-32)28(34)22-10-12-25(30)13-11-22/h2-13,23H,14-19H2,1H3. The number of rotatable bonds is 8. The Labute approximate surface area is 210 Å². The molecular weight excluding hydrogens is 457 g/mol. The smallest absolute Gasteiger partial charge is 0.258 e. The largest absolute Gasteiger partial charge is 0.495 e. The fourth-order valence-corrected chi connectivity index (χ4v) is 4.54. The lowest BCUT2D eigenvalue weighted by Crippen LogP contribution is -2.43. The third kappa shape index (κ3) is 5.78. The molecule has 36 heavy (non-hydrogen) atoms. The van der Waals surface area contributed by atoms with Gasteiger partial charge in [-0.25, -0.2) is 4.39 Å². The lowest BCUT2D eigenvalue weighted by molar-refractivity contribution is 0.0841. The molecule has 1 fully saturated rings. The maximum absolute atomic E-state index is 13.5. The van der Waals surface area contributed by atoms with E-state index < -0.39 is 0 Å². The molecule has 0 N–H and O–H groups in total. The van der Waals surface area contributed by atoms with Crippen molar-refractivity contribution in [2.45, 2.75) is 12.8 Å². The van der Waals surface area contributed by atoms with Gasteiger partial charge < -0.3 is 14.5 Å². The Kier molecular flexibility index (Phi) is 8.09. The second-order valence-corrected chi connectivity index (χ2v) is 8.80. The van der Waals surface area contributed by atoms with Crippen molar-refractivity contribution in [1.82, 2.24) is 4.90 Å². The number of nitrogens with zero attached hydrogens (tertiary/aromatic N) is 3. The molecule has 0 radical (unpaired) electrons. The van der Waals surface area contributed by atoms with E-state index in [9.17, 15) is 14.0 Å². The number of likely N-dealkylation sites (tertiary alicyclic amines) is 1. The molecule has 0 atom stereocenters. The minimum atomic E-state index is -0.350. The number of halogens is 1. The summed E-state index contributed by atoms with van der Waals surface area (Å²) >= 11 is 0. The van der Waals surface area contributed by atoms with Crippen LogP contribution in [-0.2, 0) is 0 Å². The number of anilines is 1. The van der Waals surface area contributed by atoms with Crippen LogP contribution in [0.4, 0.5) is 10.1 Å². The van der Waals surface area contributed by atoms with Crippen LogP contribution in [0.25, 0.3) is 0 Å². The van der Waals surface area contributed by atoms with Gasteiger partial charge in [-0.1, -0.05) is 12.1 Å². The highest BCUT2D eigenvalue weighted by atomic mass is 19.1. The number of methoxy groups -OCH3 is 1. The number of ether oxygens (including phenoxy) is 1. The molecule has 1 amide bonds. The highest BCUT2D eigenvalue weighted by molar-refractivity contribution is 6.07. The molecule has 0 aromatic heterocycles. The van der Waals surface area contributed by atoms with Crippen molar-refractivity contribution in [1.29, 1.82) is 5.26 Å². The molecule has 1 aliphatic heterocycles. The van der Waals surface area contributed by atoms with Crippen molar-refractivity contribution in [3.05, 3.63) is 95.3 Å². The zero-order valence-electron chi connectivity index (χ0n) is 20.2. The summed E-state index contributed by atoms with van der Waals surface area (Å²) in [6.45, 7) is 2.55. The van der Waals surface area contributed by atoms with Gasteiger partial charge in [-0.15, -0.1) is 0 Å². The topological polar surface area (TPSA) is 73.6 Å². The first-order valence-electron chi connectivity index (χ1n) is 12.0. The average molecular weight is 486 g/mol. The van der Waals surface area contributed by atoms with Gasteiger partial charge in [0.1, 0.15) is 11.6 Å². The molecule has 184 valence electrons. The minimum Gasteiger partial charge on any atom is -0.495 e. The quantitative estimate of drug-likeness (QED) is 0.422. The molecule has 3 aromatic rings. The summed E-state index contributed by atoms with van der Waals surface area (Å²) in [7, 11) is 1.58. The Bertz CT molecular complexity index is 1240. The third-order valence-corrected chi connectivity index (χ3v) is 6.61. The second kappa shape index (κ2) is 11.6. The zero-order chi connectivity index (χ0) is 25.5. The SMILES string of the molecule is COc1ccccc1N(CCN1CCC(C(=O)c2ccc(F)cc2)CC1)C(=O)c1ccc(C#N)cc1. The van der Waals surface area contributed by atoms with Crippen LogP contribution in [0, 0.1) is 23.1 Å². The number of piperidine rings is 1. The zero-order valence-corrected chi connectivity index (χ0v) is 20.2. The van der Waals surface area contributed by atoms with Crippen molar-refractivity contribution < 1.29 is 18.7 Å². The van der Waals surface area contributed by atoms with Crippen molar-refractivity contribution in [2.24, 2.45) is 5.92 Å². The van der Waals surface area contributed by atoms with E-state index in [1.165, 1.54) is 12.1 Å². The van der Waals surface area contributed by atoms with Crippen LogP contribution in [0.2, 0.25) is 0 Å². The summed E-state index contributed by atoms with van der Waals surface area (Å²) in [6.07, 6.45) is 1.43. The van der Waals surface area contributed by atoms with E-state index in [0.29, 0.717) is 54.1 Å². The molecule has 0 unspecified atom stereocenters. The summed E-state index contributed by atoms with van der Waals surface area (Å²) in [5.74, 6) is 0.0450. The molecule has 1 saturated heterocycles. The predicted octanol–water partition coefficient (Wildman–Crippen LogP) is 4.95. The Hall–Kier alpha value is -4.02. The van der Waals surface area contributed by atoms with Crippen LogP contribution in [0.5, 0.6) is 5.75 Å². The third-order valence-electron chi connectivity index (χ3n) is 6.61. The first kappa shape index (κ1) is 25.1. The number of benzene rings is 3. The van der Waals surface area contributed by atoms with Gasteiger partial charge in [-0.3, -0.25) is 9.59 Å². The first-order chi connectivity index (χ1) is 17.5. The van der Waals surface area contributed by atoms with Gasteiger partial charge in [0.25, 0.3) is 5.91 Å². The summed E-state index contributed by atoms with van der Waals surface area (Å²) in [4.78, 5) is 30.3. The summed E-state index contributed by atoms with van der Waals surface area (Å²) < 4.78 is 18.7. The van der Waals surface area contributed by atoms with Crippen molar-refractivity contribution >= 4 is 17.4 Å². The number of amides is 1. The highest BCUT2D eigenvalue weighted by Gasteiger charge is 2.27. The number of hydrogen-bond donors (Lipinski definition) is 0. The van der Waals surface area contributed by atoms with E-state index in [1.54, 1.807) is 48.4 Å². The van der Waals surface area contributed by atoms with Crippen molar-refractivity contribution in [2.75, 3.05) is 38.2 Å². The van der Waals surface area contributed by atoms with Crippen LogP contribution in [0.3, 0.4) is 0 Å². The van der Waals surface area contributed by atoms with Crippen molar-refractivity contribution in [3.8, 4) is 11.8 Å². The van der Waals surface area contributed by atoms with Gasteiger partial charge >= 0.3 is 0 Å². The molecule has 0 spiro atoms. The van der Waals surface area contributed by atoms with Crippen molar-refractivity contribution in [3.63, 3.8) is 0 Å². The van der Waals surface area contributed by atoms with Gasteiger partial charge in [0.2, 0.25) is 0 Å². The lowest BCUT2D eigenvalue weighted by atomic mass is 9.89. The molecule has 0 saturated carbocycles. The minimum absolute atomic E-state index is 0.0568. The summed E-state index contributed by atoms with van der Waals surface area (Å²) in [6, 6.07) is 21.8. The maximum Gasteiger partial charge on any atom is 0.258 e. The molecule has 6 nitrogen and oxygen atoms in total. The summed E-state index contributed by atoms with van der Waals surface area (Å²) in [5, 5.41) is 9.08. The molecule has 7 heteroatoms. The molecule has 0 aliphatic carbocycles. The normalized spacial score (nSPS) is 14.1. The van der Waals surface area contributed by atoms with E-state index in [4.69, 9.17) is 10.00 Å². The van der Waals surface area contributed by atoms with Crippen LogP contribution in [-0.4, -0.2) is 49.9 Å². The van der Waals surface area contributed by atoms with Crippen LogP contribution < -0.4 is 9.64 Å². The fourth-order valence-electron chi connectivity index (χ4n) is 4.54. The van der Waals surface area contributed by atoms with Gasteiger partial charge in [0, 0.05) is 30.1 Å². The van der Waals surface area contributed by atoms with Crippen LogP contribution >= 0.6 is 0 Å². The monoisotopic (exact) mass is 485 g/mol. The molecular formula is C29H28FN3O3. The van der Waals surface area contributed by atoms with E-state index in [2.05, 4.69) is 11.0 Å². The number of nitriles is 1. The van der Waals surface area contributed by atoms with Gasteiger partial charge in [-0.2, -0.15) is 5.26 Å². The highest BCUT2D eigenvalue weighted by Crippen LogP contribution is 2.29. The van der Waals surface area contributed by atoms with Crippen LogP contribution in [0.15, 0.2) is 72.8 Å². The predicted molar refractivity (Wildman–Crippen MR) is 136 cm³/mol. The number of carbonyl (C=O) groups is 2. The number of carbonyl (C=O) groups excluding carboxylic acids is 2. The fraction of sp³-hybridized carbons (Fsp3) is 0.276. The Morgan fingerprint density at radius 2 is 1.64 bits per heavy atom. The molecule has 1 aliphatic rings.